The molecule has 0 bridgehead atoms. The van der Waals surface area contributed by atoms with E-state index in [1.165, 1.54) is 29.5 Å². The van der Waals surface area contributed by atoms with Crippen LogP contribution in [0.4, 0.5) is 0 Å². The van der Waals surface area contributed by atoms with Gasteiger partial charge in [0.15, 0.2) is 0 Å². The van der Waals surface area contributed by atoms with Gasteiger partial charge in [-0.1, -0.05) is 12.1 Å². The van der Waals surface area contributed by atoms with Gasteiger partial charge in [0.05, 0.1) is 6.61 Å². The van der Waals surface area contributed by atoms with E-state index in [4.69, 9.17) is 10.5 Å². The summed E-state index contributed by atoms with van der Waals surface area (Å²) in [6.45, 7) is 7.75. The zero-order chi connectivity index (χ0) is 11.8. The van der Waals surface area contributed by atoms with Gasteiger partial charge in [-0.2, -0.15) is 0 Å². The van der Waals surface area contributed by atoms with Gasteiger partial charge >= 0.3 is 0 Å². The SMILES string of the molecule is CCOc1c(C2(CN)CC2)ccc(C)c1C. The Morgan fingerprint density at radius 1 is 1.31 bits per heavy atom. The lowest BCUT2D eigenvalue weighted by Crippen LogP contribution is -2.21. The molecule has 2 nitrogen and oxygen atoms in total. The van der Waals surface area contributed by atoms with E-state index in [1.54, 1.807) is 0 Å². The first kappa shape index (κ1) is 11.5. The molecule has 1 aromatic rings. The molecule has 0 saturated heterocycles. The van der Waals surface area contributed by atoms with Gasteiger partial charge in [-0.3, -0.25) is 0 Å². The summed E-state index contributed by atoms with van der Waals surface area (Å²) in [6, 6.07) is 4.39. The van der Waals surface area contributed by atoms with E-state index in [2.05, 4.69) is 26.0 Å². The predicted molar refractivity (Wildman–Crippen MR) is 67.1 cm³/mol. The molecule has 0 heterocycles. The summed E-state index contributed by atoms with van der Waals surface area (Å²) < 4.78 is 5.82. The Labute approximate surface area is 97.8 Å². The van der Waals surface area contributed by atoms with E-state index in [0.717, 1.165) is 18.9 Å². The van der Waals surface area contributed by atoms with Gasteiger partial charge < -0.3 is 10.5 Å². The Morgan fingerprint density at radius 3 is 2.50 bits per heavy atom. The lowest BCUT2D eigenvalue weighted by molar-refractivity contribution is 0.330. The minimum Gasteiger partial charge on any atom is -0.493 e. The van der Waals surface area contributed by atoms with Gasteiger partial charge in [0.1, 0.15) is 5.75 Å². The molecule has 1 saturated carbocycles. The summed E-state index contributed by atoms with van der Waals surface area (Å²) in [5.74, 6) is 1.07. The van der Waals surface area contributed by atoms with Crippen molar-refractivity contribution in [1.29, 1.82) is 0 Å². The minimum atomic E-state index is 0.211. The second-order valence-electron chi connectivity index (χ2n) is 4.80. The highest BCUT2D eigenvalue weighted by molar-refractivity contribution is 5.51. The first-order chi connectivity index (χ1) is 7.64. The fourth-order valence-corrected chi connectivity index (χ4v) is 2.27. The number of ether oxygens (including phenoxy) is 1. The zero-order valence-corrected chi connectivity index (χ0v) is 10.5. The first-order valence-corrected chi connectivity index (χ1v) is 6.08. The molecule has 2 heteroatoms. The summed E-state index contributed by atoms with van der Waals surface area (Å²) >= 11 is 0. The average molecular weight is 219 g/mol. The van der Waals surface area contributed by atoms with Crippen molar-refractivity contribution in [3.63, 3.8) is 0 Å². The highest BCUT2D eigenvalue weighted by atomic mass is 16.5. The van der Waals surface area contributed by atoms with Crippen LogP contribution in [0.5, 0.6) is 5.75 Å². The topological polar surface area (TPSA) is 35.2 Å². The molecular formula is C14H21NO. The standard InChI is InChI=1S/C14H21NO/c1-4-16-13-11(3)10(2)5-6-12(13)14(9-15)7-8-14/h5-6H,4,7-9,15H2,1-3H3. The molecule has 0 aliphatic heterocycles. The Morgan fingerprint density at radius 2 is 2.00 bits per heavy atom. The number of benzene rings is 1. The number of aryl methyl sites for hydroxylation is 1. The molecule has 16 heavy (non-hydrogen) atoms. The van der Waals surface area contributed by atoms with Crippen LogP contribution >= 0.6 is 0 Å². The van der Waals surface area contributed by atoms with Crippen molar-refractivity contribution in [2.75, 3.05) is 13.2 Å². The van der Waals surface area contributed by atoms with Crippen molar-refractivity contribution in [3.8, 4) is 5.75 Å². The molecule has 2 rings (SSSR count). The van der Waals surface area contributed by atoms with Gasteiger partial charge in [0.25, 0.3) is 0 Å². The van der Waals surface area contributed by atoms with Crippen LogP contribution in [-0.2, 0) is 5.41 Å². The average Bonchev–Trinajstić information content (AvgIpc) is 3.06. The van der Waals surface area contributed by atoms with Crippen molar-refractivity contribution < 1.29 is 4.74 Å². The predicted octanol–water partition coefficient (Wildman–Crippen LogP) is 2.69. The monoisotopic (exact) mass is 219 g/mol. The summed E-state index contributed by atoms with van der Waals surface area (Å²) in [6.07, 6.45) is 2.40. The zero-order valence-electron chi connectivity index (χ0n) is 10.5. The molecule has 0 atom stereocenters. The minimum absolute atomic E-state index is 0.211. The molecule has 0 aromatic heterocycles. The number of rotatable bonds is 4. The van der Waals surface area contributed by atoms with Crippen LogP contribution in [0.15, 0.2) is 12.1 Å². The largest absolute Gasteiger partial charge is 0.493 e. The number of hydrogen-bond donors (Lipinski definition) is 1. The molecule has 0 radical (unpaired) electrons. The quantitative estimate of drug-likeness (QED) is 0.845. The molecule has 0 amide bonds. The maximum atomic E-state index is 5.90. The van der Waals surface area contributed by atoms with Crippen LogP contribution in [0.2, 0.25) is 0 Å². The highest BCUT2D eigenvalue weighted by Crippen LogP contribution is 2.51. The van der Waals surface area contributed by atoms with Gasteiger partial charge in [0.2, 0.25) is 0 Å². The third-order valence-corrected chi connectivity index (χ3v) is 3.78. The highest BCUT2D eigenvalue weighted by Gasteiger charge is 2.45. The molecule has 0 unspecified atom stereocenters. The van der Waals surface area contributed by atoms with Crippen molar-refractivity contribution in [2.24, 2.45) is 5.73 Å². The normalized spacial score (nSPS) is 17.2. The molecule has 1 fully saturated rings. The van der Waals surface area contributed by atoms with Crippen LogP contribution in [0.25, 0.3) is 0 Å². The Kier molecular flexibility index (Phi) is 2.94. The third kappa shape index (κ3) is 1.71. The molecule has 1 aliphatic carbocycles. The van der Waals surface area contributed by atoms with E-state index in [-0.39, 0.29) is 5.41 Å². The van der Waals surface area contributed by atoms with Crippen LogP contribution in [-0.4, -0.2) is 13.2 Å². The summed E-state index contributed by atoms with van der Waals surface area (Å²) in [7, 11) is 0. The fraction of sp³-hybridized carbons (Fsp3) is 0.571. The van der Waals surface area contributed by atoms with Crippen LogP contribution in [0.3, 0.4) is 0 Å². The second kappa shape index (κ2) is 4.10. The molecule has 1 aliphatic rings. The summed E-state index contributed by atoms with van der Waals surface area (Å²) in [5, 5.41) is 0. The first-order valence-electron chi connectivity index (χ1n) is 6.08. The van der Waals surface area contributed by atoms with Crippen LogP contribution in [0, 0.1) is 13.8 Å². The van der Waals surface area contributed by atoms with E-state index < -0.39 is 0 Å². The summed E-state index contributed by atoms with van der Waals surface area (Å²) in [4.78, 5) is 0. The summed E-state index contributed by atoms with van der Waals surface area (Å²) in [5.41, 5.74) is 9.98. The van der Waals surface area contributed by atoms with E-state index >= 15 is 0 Å². The van der Waals surface area contributed by atoms with Gasteiger partial charge in [-0.25, -0.2) is 0 Å². The smallest absolute Gasteiger partial charge is 0.126 e. The van der Waals surface area contributed by atoms with Crippen molar-refractivity contribution >= 4 is 0 Å². The molecule has 0 spiro atoms. The maximum absolute atomic E-state index is 5.90. The molecular weight excluding hydrogens is 198 g/mol. The molecule has 1 aromatic carbocycles. The fourth-order valence-electron chi connectivity index (χ4n) is 2.27. The van der Waals surface area contributed by atoms with Gasteiger partial charge in [-0.05, 0) is 44.7 Å². The third-order valence-electron chi connectivity index (χ3n) is 3.78. The van der Waals surface area contributed by atoms with E-state index in [1.807, 2.05) is 6.92 Å². The number of hydrogen-bond acceptors (Lipinski definition) is 2. The van der Waals surface area contributed by atoms with Gasteiger partial charge in [-0.15, -0.1) is 0 Å². The van der Waals surface area contributed by atoms with E-state index in [9.17, 15) is 0 Å². The van der Waals surface area contributed by atoms with Crippen molar-refractivity contribution in [2.45, 2.75) is 39.0 Å². The van der Waals surface area contributed by atoms with Crippen LogP contribution < -0.4 is 10.5 Å². The van der Waals surface area contributed by atoms with Crippen LogP contribution in [0.1, 0.15) is 36.5 Å². The lowest BCUT2D eigenvalue weighted by atomic mass is 9.91. The number of nitrogens with two attached hydrogens (primary N) is 1. The maximum Gasteiger partial charge on any atom is 0.126 e. The Hall–Kier alpha value is -1.02. The van der Waals surface area contributed by atoms with Crippen molar-refractivity contribution in [3.05, 3.63) is 28.8 Å². The Bertz CT molecular complexity index is 394. The molecule has 2 N–H and O–H groups in total. The second-order valence-corrected chi connectivity index (χ2v) is 4.80. The Balaban J connectivity index is 2.48. The van der Waals surface area contributed by atoms with Gasteiger partial charge in [0, 0.05) is 17.5 Å². The lowest BCUT2D eigenvalue weighted by Gasteiger charge is -2.20. The van der Waals surface area contributed by atoms with E-state index in [0.29, 0.717) is 0 Å². The molecule has 88 valence electrons. The van der Waals surface area contributed by atoms with Crippen molar-refractivity contribution in [1.82, 2.24) is 0 Å².